The second kappa shape index (κ2) is 10.1. The second-order valence-corrected chi connectivity index (χ2v) is 8.98. The van der Waals surface area contributed by atoms with E-state index in [1.54, 1.807) is 0 Å². The molecular weight excluding hydrogens is 424 g/mol. The average Bonchev–Trinajstić information content (AvgIpc) is 3.43. The average molecular weight is 455 g/mol. The van der Waals surface area contributed by atoms with E-state index < -0.39 is 0 Å². The summed E-state index contributed by atoms with van der Waals surface area (Å²) in [6.45, 7) is 3.44. The Hall–Kier alpha value is -3.57. The van der Waals surface area contributed by atoms with Crippen molar-refractivity contribution in [3.8, 4) is 0 Å². The van der Waals surface area contributed by atoms with Crippen molar-refractivity contribution >= 4 is 17.0 Å². The predicted molar refractivity (Wildman–Crippen MR) is 133 cm³/mol. The van der Waals surface area contributed by atoms with Crippen LogP contribution in [0, 0.1) is 6.92 Å². The number of para-hydroxylation sites is 1. The van der Waals surface area contributed by atoms with Gasteiger partial charge in [-0.25, -0.2) is 4.79 Å². The number of carbonyl (C=O) groups excluding carboxylic acids is 1. The van der Waals surface area contributed by atoms with Crippen LogP contribution >= 0.6 is 0 Å². The number of nitrogens with one attached hydrogen (secondary N) is 1. The third-order valence-corrected chi connectivity index (χ3v) is 6.61. The van der Waals surface area contributed by atoms with Crippen LogP contribution in [0.5, 0.6) is 0 Å². The number of carbonyl (C=O) groups is 1. The Morgan fingerprint density at radius 2 is 1.56 bits per heavy atom. The number of benzene rings is 3. The monoisotopic (exact) mass is 454 g/mol. The van der Waals surface area contributed by atoms with Gasteiger partial charge in [-0.05, 0) is 42.5 Å². The van der Waals surface area contributed by atoms with Gasteiger partial charge >= 0.3 is 6.09 Å². The smallest absolute Gasteiger partial charge is 0.410 e. The molecule has 1 aromatic heterocycles. The highest BCUT2D eigenvalue weighted by molar-refractivity contribution is 5.84. The number of amides is 1. The van der Waals surface area contributed by atoms with Crippen molar-refractivity contribution in [2.75, 3.05) is 6.54 Å². The molecule has 1 saturated heterocycles. The predicted octanol–water partition coefficient (Wildman–Crippen LogP) is 6.02. The molecule has 2 atom stereocenters. The Morgan fingerprint density at radius 1 is 0.912 bits per heavy atom. The van der Waals surface area contributed by atoms with Crippen molar-refractivity contribution in [2.45, 2.75) is 45.1 Å². The van der Waals surface area contributed by atoms with Gasteiger partial charge in [0.2, 0.25) is 0 Å². The van der Waals surface area contributed by atoms with E-state index in [2.05, 4.69) is 42.2 Å². The lowest BCUT2D eigenvalue weighted by Crippen LogP contribution is -2.37. The normalized spacial score (nSPS) is 17.9. The number of rotatable bonds is 7. The Bertz CT molecular complexity index is 1240. The van der Waals surface area contributed by atoms with Gasteiger partial charge in [0, 0.05) is 22.6 Å². The minimum atomic E-state index is -0.280. The minimum absolute atomic E-state index is 0.0157. The fourth-order valence-corrected chi connectivity index (χ4v) is 4.84. The molecule has 3 aromatic carbocycles. The molecule has 5 nitrogen and oxygen atoms in total. The van der Waals surface area contributed by atoms with Crippen LogP contribution < -0.4 is 0 Å². The highest BCUT2D eigenvalue weighted by Crippen LogP contribution is 2.30. The van der Waals surface area contributed by atoms with Gasteiger partial charge in [0.05, 0.1) is 19.3 Å². The SMILES string of the molecule is Cc1[nH]c2ccccc2c1C[C@H]1C[C@H](OCc2ccccc2)CN1C(=O)OCc1ccccc1. The molecule has 1 aliphatic heterocycles. The van der Waals surface area contributed by atoms with Crippen LogP contribution in [-0.2, 0) is 29.1 Å². The molecule has 0 bridgehead atoms. The van der Waals surface area contributed by atoms with E-state index >= 15 is 0 Å². The molecule has 0 spiro atoms. The van der Waals surface area contributed by atoms with Gasteiger partial charge in [-0.2, -0.15) is 0 Å². The van der Waals surface area contributed by atoms with Gasteiger partial charge in [-0.3, -0.25) is 0 Å². The number of ether oxygens (including phenoxy) is 2. The van der Waals surface area contributed by atoms with Gasteiger partial charge in [-0.15, -0.1) is 0 Å². The maximum Gasteiger partial charge on any atom is 0.410 e. The fourth-order valence-electron chi connectivity index (χ4n) is 4.84. The first-order valence-corrected chi connectivity index (χ1v) is 11.9. The van der Waals surface area contributed by atoms with Gasteiger partial charge in [0.1, 0.15) is 6.61 Å². The Balaban J connectivity index is 1.32. The minimum Gasteiger partial charge on any atom is -0.445 e. The lowest BCUT2D eigenvalue weighted by Gasteiger charge is -2.24. The number of aryl methyl sites for hydroxylation is 1. The molecule has 174 valence electrons. The summed E-state index contributed by atoms with van der Waals surface area (Å²) < 4.78 is 12.0. The third-order valence-electron chi connectivity index (χ3n) is 6.61. The fraction of sp³-hybridized carbons (Fsp3) is 0.276. The van der Waals surface area contributed by atoms with Crippen LogP contribution in [0.2, 0.25) is 0 Å². The zero-order valence-electron chi connectivity index (χ0n) is 19.4. The molecule has 1 aliphatic rings. The number of fused-ring (bicyclic) bond motifs is 1. The van der Waals surface area contributed by atoms with Crippen LogP contribution in [0.1, 0.15) is 28.8 Å². The molecule has 1 fully saturated rings. The maximum atomic E-state index is 13.2. The maximum absolute atomic E-state index is 13.2. The van der Waals surface area contributed by atoms with Crippen molar-refractivity contribution < 1.29 is 14.3 Å². The molecule has 1 amide bonds. The molecular formula is C29H30N2O3. The first-order valence-electron chi connectivity index (χ1n) is 11.9. The summed E-state index contributed by atoms with van der Waals surface area (Å²) in [5, 5.41) is 1.21. The summed E-state index contributed by atoms with van der Waals surface area (Å²) in [4.78, 5) is 18.5. The Labute approximate surface area is 200 Å². The molecule has 0 radical (unpaired) electrons. The summed E-state index contributed by atoms with van der Waals surface area (Å²) >= 11 is 0. The molecule has 0 saturated carbocycles. The highest BCUT2D eigenvalue weighted by atomic mass is 16.6. The number of nitrogens with zero attached hydrogens (tertiary/aromatic N) is 1. The van der Waals surface area contributed by atoms with Gasteiger partial charge < -0.3 is 19.4 Å². The van der Waals surface area contributed by atoms with E-state index in [1.807, 2.05) is 59.5 Å². The van der Waals surface area contributed by atoms with E-state index in [0.29, 0.717) is 13.2 Å². The van der Waals surface area contributed by atoms with Crippen molar-refractivity contribution in [3.63, 3.8) is 0 Å². The van der Waals surface area contributed by atoms with E-state index in [4.69, 9.17) is 9.47 Å². The molecule has 4 aromatic rings. The van der Waals surface area contributed by atoms with Crippen LogP contribution in [0.4, 0.5) is 4.79 Å². The summed E-state index contributed by atoms with van der Waals surface area (Å²) in [7, 11) is 0. The molecule has 0 aliphatic carbocycles. The van der Waals surface area contributed by atoms with Crippen LogP contribution in [0.15, 0.2) is 84.9 Å². The first kappa shape index (κ1) is 22.2. The first-order chi connectivity index (χ1) is 16.7. The number of hydrogen-bond donors (Lipinski definition) is 1. The molecule has 5 rings (SSSR count). The van der Waals surface area contributed by atoms with Crippen molar-refractivity contribution in [2.24, 2.45) is 0 Å². The van der Waals surface area contributed by atoms with E-state index in [0.717, 1.165) is 35.2 Å². The Kier molecular flexibility index (Phi) is 6.63. The van der Waals surface area contributed by atoms with Crippen molar-refractivity contribution in [1.29, 1.82) is 0 Å². The molecule has 5 heteroatoms. The number of likely N-dealkylation sites (tertiary alicyclic amines) is 1. The number of hydrogen-bond acceptors (Lipinski definition) is 3. The summed E-state index contributed by atoms with van der Waals surface area (Å²) in [5.41, 5.74) is 5.65. The number of aromatic nitrogens is 1. The summed E-state index contributed by atoms with van der Waals surface area (Å²) in [6.07, 6.45) is 1.24. The third kappa shape index (κ3) is 5.00. The summed E-state index contributed by atoms with van der Waals surface area (Å²) in [6, 6.07) is 28.3. The zero-order chi connectivity index (χ0) is 23.3. The highest BCUT2D eigenvalue weighted by Gasteiger charge is 2.37. The number of aromatic amines is 1. The van der Waals surface area contributed by atoms with Crippen LogP contribution in [-0.4, -0.2) is 34.7 Å². The zero-order valence-corrected chi connectivity index (χ0v) is 19.4. The van der Waals surface area contributed by atoms with Crippen LogP contribution in [0.3, 0.4) is 0 Å². The number of H-pyrrole nitrogens is 1. The second-order valence-electron chi connectivity index (χ2n) is 8.98. The lowest BCUT2D eigenvalue weighted by molar-refractivity contribution is 0.0431. The lowest BCUT2D eigenvalue weighted by atomic mass is 10.0. The van der Waals surface area contributed by atoms with E-state index in [9.17, 15) is 4.79 Å². The van der Waals surface area contributed by atoms with Crippen LogP contribution in [0.25, 0.3) is 10.9 Å². The van der Waals surface area contributed by atoms with Gasteiger partial charge in [0.15, 0.2) is 0 Å². The van der Waals surface area contributed by atoms with Gasteiger partial charge in [-0.1, -0.05) is 78.9 Å². The standard InChI is InChI=1S/C29H30N2O3/c1-21-27(26-14-8-9-15-28(26)30-21)17-24-16-25(33-19-22-10-4-2-5-11-22)18-31(24)29(32)34-20-23-12-6-3-7-13-23/h2-15,24-25,30H,16-20H2,1H3/t24-,25+/m1/s1. The van der Waals surface area contributed by atoms with Crippen molar-refractivity contribution in [3.05, 3.63) is 107 Å². The molecule has 0 unspecified atom stereocenters. The summed E-state index contributed by atoms with van der Waals surface area (Å²) in [5.74, 6) is 0. The van der Waals surface area contributed by atoms with Gasteiger partial charge in [0.25, 0.3) is 0 Å². The molecule has 1 N–H and O–H groups in total. The Morgan fingerprint density at radius 3 is 2.29 bits per heavy atom. The topological polar surface area (TPSA) is 54.6 Å². The van der Waals surface area contributed by atoms with E-state index in [1.165, 1.54) is 10.9 Å². The molecule has 2 heterocycles. The van der Waals surface area contributed by atoms with Crippen molar-refractivity contribution in [1.82, 2.24) is 9.88 Å². The quantitative estimate of drug-likeness (QED) is 0.372. The van der Waals surface area contributed by atoms with E-state index in [-0.39, 0.29) is 24.8 Å². The largest absolute Gasteiger partial charge is 0.445 e. The molecule has 34 heavy (non-hydrogen) atoms.